The molecule has 1 saturated carbocycles. The van der Waals surface area contributed by atoms with Crippen molar-refractivity contribution in [1.82, 2.24) is 25.7 Å². The number of hydrogen-bond donors (Lipinski definition) is 2. The Bertz CT molecular complexity index is 976. The molecule has 2 heterocycles. The number of aromatic nitrogens is 2. The zero-order chi connectivity index (χ0) is 22.7. The molecular formula is C22H27F2N5O3. The van der Waals surface area contributed by atoms with Crippen molar-refractivity contribution in [2.45, 2.75) is 50.6 Å². The van der Waals surface area contributed by atoms with Gasteiger partial charge in [-0.2, -0.15) is 0 Å². The van der Waals surface area contributed by atoms with E-state index < -0.39 is 23.5 Å². The first-order chi connectivity index (χ1) is 15.5. The summed E-state index contributed by atoms with van der Waals surface area (Å²) in [5, 5.41) is 12.9. The normalized spacial score (nSPS) is 22.5. The van der Waals surface area contributed by atoms with Gasteiger partial charge in [-0.3, -0.25) is 14.5 Å². The molecule has 172 valence electrons. The SMILES string of the molecule is CNC(=O)C1CN(C2CCCCC2)CCC1NC(=O)c1nnc(-c2ccc(F)cc2F)o1. The zero-order valence-electron chi connectivity index (χ0n) is 17.9. The summed E-state index contributed by atoms with van der Waals surface area (Å²) in [7, 11) is 1.59. The molecular weight excluding hydrogens is 420 g/mol. The number of nitrogens with zero attached hydrogens (tertiary/aromatic N) is 3. The van der Waals surface area contributed by atoms with Gasteiger partial charge in [0.15, 0.2) is 0 Å². The molecule has 1 aromatic heterocycles. The fourth-order valence-corrected chi connectivity index (χ4v) is 4.70. The number of rotatable bonds is 5. The van der Waals surface area contributed by atoms with Crippen LogP contribution in [0.15, 0.2) is 22.6 Å². The van der Waals surface area contributed by atoms with E-state index in [9.17, 15) is 18.4 Å². The first-order valence-electron chi connectivity index (χ1n) is 11.0. The van der Waals surface area contributed by atoms with Crippen LogP contribution < -0.4 is 10.6 Å². The summed E-state index contributed by atoms with van der Waals surface area (Å²) in [5.41, 5.74) is -0.0954. The fraction of sp³-hybridized carbons (Fsp3) is 0.545. The molecule has 0 bridgehead atoms. The summed E-state index contributed by atoms with van der Waals surface area (Å²) < 4.78 is 32.4. The number of piperidine rings is 1. The smallest absolute Gasteiger partial charge is 0.309 e. The minimum atomic E-state index is -0.865. The number of nitrogens with one attached hydrogen (secondary N) is 2. The number of carbonyl (C=O) groups is 2. The fourth-order valence-electron chi connectivity index (χ4n) is 4.70. The third kappa shape index (κ3) is 4.79. The summed E-state index contributed by atoms with van der Waals surface area (Å²) in [6, 6.07) is 3.03. The lowest BCUT2D eigenvalue weighted by Gasteiger charge is -2.42. The second kappa shape index (κ2) is 9.72. The zero-order valence-corrected chi connectivity index (χ0v) is 17.9. The topological polar surface area (TPSA) is 100 Å². The number of benzene rings is 1. The Morgan fingerprint density at radius 2 is 1.91 bits per heavy atom. The monoisotopic (exact) mass is 447 g/mol. The Balaban J connectivity index is 1.44. The van der Waals surface area contributed by atoms with Gasteiger partial charge in [0.2, 0.25) is 5.91 Å². The van der Waals surface area contributed by atoms with Gasteiger partial charge in [-0.05, 0) is 31.4 Å². The lowest BCUT2D eigenvalue weighted by Crippen LogP contribution is -2.57. The third-order valence-electron chi connectivity index (χ3n) is 6.42. The van der Waals surface area contributed by atoms with Crippen molar-refractivity contribution in [3.63, 3.8) is 0 Å². The third-order valence-corrected chi connectivity index (χ3v) is 6.42. The van der Waals surface area contributed by atoms with E-state index in [4.69, 9.17) is 4.42 Å². The molecule has 8 nitrogen and oxygen atoms in total. The minimum absolute atomic E-state index is 0.0954. The summed E-state index contributed by atoms with van der Waals surface area (Å²) in [6.45, 7) is 1.37. The molecule has 2 amide bonds. The van der Waals surface area contributed by atoms with Gasteiger partial charge in [-0.15, -0.1) is 10.2 Å². The average Bonchev–Trinajstić information content (AvgIpc) is 3.29. The van der Waals surface area contributed by atoms with Gasteiger partial charge in [0, 0.05) is 38.3 Å². The van der Waals surface area contributed by atoms with E-state index in [-0.39, 0.29) is 29.3 Å². The maximum atomic E-state index is 14.0. The molecule has 1 aromatic carbocycles. The number of likely N-dealkylation sites (tertiary alicyclic amines) is 1. The Morgan fingerprint density at radius 1 is 1.12 bits per heavy atom. The molecule has 10 heteroatoms. The van der Waals surface area contributed by atoms with Crippen molar-refractivity contribution < 1.29 is 22.8 Å². The molecule has 1 aliphatic heterocycles. The molecule has 2 atom stereocenters. The van der Waals surface area contributed by atoms with Crippen LogP contribution in [-0.4, -0.2) is 59.1 Å². The molecule has 2 aromatic rings. The Kier molecular flexibility index (Phi) is 6.78. The van der Waals surface area contributed by atoms with E-state index in [1.165, 1.54) is 25.3 Å². The quantitative estimate of drug-likeness (QED) is 0.731. The van der Waals surface area contributed by atoms with Crippen LogP contribution in [0.5, 0.6) is 0 Å². The van der Waals surface area contributed by atoms with Gasteiger partial charge < -0.3 is 15.1 Å². The lowest BCUT2D eigenvalue weighted by molar-refractivity contribution is -0.127. The average molecular weight is 447 g/mol. The van der Waals surface area contributed by atoms with Crippen molar-refractivity contribution in [3.8, 4) is 11.5 Å². The molecule has 1 aliphatic carbocycles. The molecule has 2 unspecified atom stereocenters. The van der Waals surface area contributed by atoms with E-state index in [2.05, 4.69) is 25.7 Å². The van der Waals surface area contributed by atoms with Gasteiger partial charge in [-0.25, -0.2) is 8.78 Å². The molecule has 2 aliphatic rings. The highest BCUT2D eigenvalue weighted by Gasteiger charge is 2.38. The van der Waals surface area contributed by atoms with E-state index in [0.717, 1.165) is 25.5 Å². The minimum Gasteiger partial charge on any atom is -0.412 e. The van der Waals surface area contributed by atoms with Gasteiger partial charge >= 0.3 is 11.8 Å². The first-order valence-corrected chi connectivity index (χ1v) is 11.0. The number of carbonyl (C=O) groups excluding carboxylic acids is 2. The second-order valence-corrected chi connectivity index (χ2v) is 8.41. The van der Waals surface area contributed by atoms with Gasteiger partial charge in [0.25, 0.3) is 5.89 Å². The van der Waals surface area contributed by atoms with E-state index >= 15 is 0 Å². The summed E-state index contributed by atoms with van der Waals surface area (Å²) in [5.74, 6) is -3.32. The predicted molar refractivity (Wildman–Crippen MR) is 112 cm³/mol. The van der Waals surface area contributed by atoms with Crippen LogP contribution in [0, 0.1) is 17.6 Å². The maximum Gasteiger partial charge on any atom is 0.309 e. The Hall–Kier alpha value is -2.88. The van der Waals surface area contributed by atoms with Crippen LogP contribution in [0.3, 0.4) is 0 Å². The van der Waals surface area contributed by atoms with E-state index in [1.807, 2.05) is 0 Å². The Morgan fingerprint density at radius 3 is 2.62 bits per heavy atom. The van der Waals surface area contributed by atoms with Crippen molar-refractivity contribution in [1.29, 1.82) is 0 Å². The summed E-state index contributed by atoms with van der Waals surface area (Å²) in [6.07, 6.45) is 6.58. The van der Waals surface area contributed by atoms with Crippen molar-refractivity contribution in [2.24, 2.45) is 5.92 Å². The summed E-state index contributed by atoms with van der Waals surface area (Å²) >= 11 is 0. The lowest BCUT2D eigenvalue weighted by atomic mass is 9.87. The maximum absolute atomic E-state index is 14.0. The molecule has 4 rings (SSSR count). The van der Waals surface area contributed by atoms with Gasteiger partial charge in [0.1, 0.15) is 11.6 Å². The standard InChI is InChI=1S/C22H27F2N5O3/c1-25-19(30)16-12-29(14-5-3-2-4-6-14)10-9-18(16)26-20(31)22-28-27-21(32-22)15-8-7-13(23)11-17(15)24/h7-8,11,14,16,18H,2-6,9-10,12H2,1H3,(H,25,30)(H,26,31). The highest BCUT2D eigenvalue weighted by atomic mass is 19.1. The van der Waals surface area contributed by atoms with E-state index in [0.29, 0.717) is 25.1 Å². The summed E-state index contributed by atoms with van der Waals surface area (Å²) in [4.78, 5) is 27.7. The molecule has 2 fully saturated rings. The number of hydrogen-bond acceptors (Lipinski definition) is 6. The highest BCUT2D eigenvalue weighted by molar-refractivity contribution is 5.90. The van der Waals surface area contributed by atoms with Crippen LogP contribution in [0.4, 0.5) is 8.78 Å². The van der Waals surface area contributed by atoms with Crippen LogP contribution >= 0.6 is 0 Å². The highest BCUT2D eigenvalue weighted by Crippen LogP contribution is 2.28. The molecule has 0 radical (unpaired) electrons. The number of amides is 2. The van der Waals surface area contributed by atoms with Gasteiger partial charge in [-0.1, -0.05) is 19.3 Å². The van der Waals surface area contributed by atoms with E-state index in [1.54, 1.807) is 7.05 Å². The first kappa shape index (κ1) is 22.3. The van der Waals surface area contributed by atoms with Crippen LogP contribution in [0.1, 0.15) is 49.2 Å². The van der Waals surface area contributed by atoms with Crippen molar-refractivity contribution in [2.75, 3.05) is 20.1 Å². The van der Waals surface area contributed by atoms with Crippen LogP contribution in [-0.2, 0) is 4.79 Å². The van der Waals surface area contributed by atoms with Crippen molar-refractivity contribution >= 4 is 11.8 Å². The van der Waals surface area contributed by atoms with Crippen LogP contribution in [0.25, 0.3) is 11.5 Å². The van der Waals surface area contributed by atoms with Crippen LogP contribution in [0.2, 0.25) is 0 Å². The largest absolute Gasteiger partial charge is 0.412 e. The molecule has 32 heavy (non-hydrogen) atoms. The second-order valence-electron chi connectivity index (χ2n) is 8.41. The van der Waals surface area contributed by atoms with Crippen molar-refractivity contribution in [3.05, 3.63) is 35.7 Å². The molecule has 0 spiro atoms. The molecule has 2 N–H and O–H groups in total. The van der Waals surface area contributed by atoms with Gasteiger partial charge in [0.05, 0.1) is 11.5 Å². The Labute approximate surface area is 184 Å². The number of halogens is 2. The predicted octanol–water partition coefficient (Wildman–Crippen LogP) is 2.51. The molecule has 1 saturated heterocycles.